The molecule has 1 aromatic carbocycles. The number of hydrogen-bond donors (Lipinski definition) is 3. The molecule has 0 saturated heterocycles. The second-order valence-electron chi connectivity index (χ2n) is 5.21. The molecule has 0 spiro atoms. The number of anilines is 1. The summed E-state index contributed by atoms with van der Waals surface area (Å²) in [6.07, 6.45) is 1.63. The van der Waals surface area contributed by atoms with Crippen LogP contribution < -0.4 is 11.2 Å². The van der Waals surface area contributed by atoms with Crippen LogP contribution >= 0.6 is 0 Å². The van der Waals surface area contributed by atoms with Crippen LogP contribution in [0.15, 0.2) is 34.0 Å². The lowest BCUT2D eigenvalue weighted by Gasteiger charge is -2.02. The molecule has 0 saturated carbocycles. The summed E-state index contributed by atoms with van der Waals surface area (Å²) < 4.78 is 5.78. The summed E-state index contributed by atoms with van der Waals surface area (Å²) in [5, 5.41) is 27.7. The van der Waals surface area contributed by atoms with E-state index in [4.69, 9.17) is 10.8 Å². The molecule has 0 radical (unpaired) electrons. The van der Waals surface area contributed by atoms with Gasteiger partial charge in [0.1, 0.15) is 0 Å². The van der Waals surface area contributed by atoms with E-state index in [2.05, 4.69) is 35.8 Å². The molecule has 0 bridgehead atoms. The Hall–Kier alpha value is -4.09. The molecule has 0 aliphatic heterocycles. The van der Waals surface area contributed by atoms with Crippen molar-refractivity contribution >= 4 is 23.9 Å². The second kappa shape index (κ2) is 7.43. The van der Waals surface area contributed by atoms with E-state index in [1.165, 1.54) is 17.0 Å². The van der Waals surface area contributed by atoms with Gasteiger partial charge < -0.3 is 10.8 Å². The topological polar surface area (TPSA) is 174 Å². The van der Waals surface area contributed by atoms with E-state index in [1.54, 1.807) is 25.1 Å². The number of nitrogens with one attached hydrogen (secondary N) is 1. The van der Waals surface area contributed by atoms with Gasteiger partial charge in [0.2, 0.25) is 11.6 Å². The van der Waals surface area contributed by atoms with Gasteiger partial charge in [0.15, 0.2) is 5.69 Å². The lowest BCUT2D eigenvalue weighted by atomic mass is 10.1. The fourth-order valence-electron chi connectivity index (χ4n) is 2.32. The predicted octanol–water partition coefficient (Wildman–Crippen LogP) is 0.257. The van der Waals surface area contributed by atoms with Gasteiger partial charge in [-0.05, 0) is 22.8 Å². The molecular formula is C15H14N8O4. The smallest absolute Gasteiger partial charge is 0.336 e. The van der Waals surface area contributed by atoms with Crippen LogP contribution in [0.4, 0.5) is 5.82 Å². The molecule has 3 aromatic rings. The Bertz CT molecular complexity index is 1020. The van der Waals surface area contributed by atoms with Gasteiger partial charge in [0.25, 0.3) is 5.91 Å². The number of carbonyl (C=O) groups excluding carboxylic acids is 1. The summed E-state index contributed by atoms with van der Waals surface area (Å²) in [6, 6.07) is 6.25. The minimum Gasteiger partial charge on any atom is -0.478 e. The van der Waals surface area contributed by atoms with Crippen LogP contribution in [0.5, 0.6) is 0 Å². The summed E-state index contributed by atoms with van der Waals surface area (Å²) in [5.74, 6) is -1.60. The quantitative estimate of drug-likeness (QED) is 0.406. The van der Waals surface area contributed by atoms with Crippen molar-refractivity contribution in [1.82, 2.24) is 30.7 Å². The number of hydrogen-bond acceptors (Lipinski definition) is 9. The molecular weight excluding hydrogens is 356 g/mol. The summed E-state index contributed by atoms with van der Waals surface area (Å²) >= 11 is 0. The number of aromatic nitrogens is 5. The largest absolute Gasteiger partial charge is 0.478 e. The van der Waals surface area contributed by atoms with Gasteiger partial charge in [-0.15, -0.1) is 5.10 Å². The molecule has 4 N–H and O–H groups in total. The van der Waals surface area contributed by atoms with Crippen molar-refractivity contribution < 1.29 is 19.3 Å². The maximum atomic E-state index is 12.4. The van der Waals surface area contributed by atoms with Gasteiger partial charge in [-0.1, -0.05) is 30.3 Å². The Labute approximate surface area is 151 Å². The number of rotatable bonds is 6. The highest BCUT2D eigenvalue weighted by Crippen LogP contribution is 2.16. The zero-order chi connectivity index (χ0) is 19.4. The molecule has 2 aromatic heterocycles. The monoisotopic (exact) mass is 370 g/mol. The number of aromatic carboxylic acids is 1. The number of hydrazone groups is 1. The SMILES string of the molecule is CCc1c(C(=O)N/N=C\c2ccccc2C(=O)O)nnn1-c1nonc1N. The number of carboxylic acids is 1. The predicted molar refractivity (Wildman–Crippen MR) is 91.5 cm³/mol. The average Bonchev–Trinajstić information content (AvgIpc) is 3.27. The third-order valence-corrected chi connectivity index (χ3v) is 3.57. The molecule has 3 rings (SSSR count). The first-order chi connectivity index (χ1) is 13.0. The van der Waals surface area contributed by atoms with Gasteiger partial charge in [-0.25, -0.2) is 14.8 Å². The van der Waals surface area contributed by atoms with Gasteiger partial charge in [-0.3, -0.25) is 4.79 Å². The Morgan fingerprint density at radius 2 is 2.15 bits per heavy atom. The van der Waals surface area contributed by atoms with Crippen LogP contribution in [-0.4, -0.2) is 48.5 Å². The normalized spacial score (nSPS) is 11.0. The number of nitrogens with zero attached hydrogens (tertiary/aromatic N) is 6. The van der Waals surface area contributed by atoms with E-state index >= 15 is 0 Å². The molecule has 12 heteroatoms. The Balaban J connectivity index is 1.81. The van der Waals surface area contributed by atoms with Crippen molar-refractivity contribution in [2.75, 3.05) is 5.73 Å². The van der Waals surface area contributed by atoms with E-state index < -0.39 is 11.9 Å². The molecule has 0 aliphatic rings. The third kappa shape index (κ3) is 3.49. The molecule has 0 aliphatic carbocycles. The van der Waals surface area contributed by atoms with E-state index in [0.29, 0.717) is 17.7 Å². The highest BCUT2D eigenvalue weighted by Gasteiger charge is 2.22. The van der Waals surface area contributed by atoms with E-state index in [9.17, 15) is 9.59 Å². The molecule has 12 nitrogen and oxygen atoms in total. The molecule has 0 atom stereocenters. The average molecular weight is 370 g/mol. The van der Waals surface area contributed by atoms with Crippen LogP contribution in [0.3, 0.4) is 0 Å². The number of nitrogens with two attached hydrogens (primary N) is 1. The van der Waals surface area contributed by atoms with Crippen molar-refractivity contribution in [3.63, 3.8) is 0 Å². The summed E-state index contributed by atoms with van der Waals surface area (Å²) in [7, 11) is 0. The number of carboxylic acid groups (broad SMARTS) is 1. The van der Waals surface area contributed by atoms with Gasteiger partial charge in [0.05, 0.1) is 17.5 Å². The summed E-state index contributed by atoms with van der Waals surface area (Å²) in [4.78, 5) is 23.5. The summed E-state index contributed by atoms with van der Waals surface area (Å²) in [5.41, 5.74) is 8.77. The maximum Gasteiger partial charge on any atom is 0.336 e. The number of benzene rings is 1. The first-order valence-corrected chi connectivity index (χ1v) is 7.71. The fourth-order valence-corrected chi connectivity index (χ4v) is 2.32. The van der Waals surface area contributed by atoms with Crippen molar-refractivity contribution in [2.45, 2.75) is 13.3 Å². The third-order valence-electron chi connectivity index (χ3n) is 3.57. The Morgan fingerprint density at radius 3 is 2.81 bits per heavy atom. The van der Waals surface area contributed by atoms with Gasteiger partial charge >= 0.3 is 5.97 Å². The molecule has 27 heavy (non-hydrogen) atoms. The number of carbonyl (C=O) groups is 2. The lowest BCUT2D eigenvalue weighted by Crippen LogP contribution is -2.20. The summed E-state index contributed by atoms with van der Waals surface area (Å²) in [6.45, 7) is 1.79. The van der Waals surface area contributed by atoms with Crippen molar-refractivity contribution in [2.24, 2.45) is 5.10 Å². The zero-order valence-corrected chi connectivity index (χ0v) is 14.0. The van der Waals surface area contributed by atoms with Crippen LogP contribution in [0.1, 0.15) is 39.0 Å². The second-order valence-corrected chi connectivity index (χ2v) is 5.21. The van der Waals surface area contributed by atoms with Crippen LogP contribution in [0, 0.1) is 0 Å². The van der Waals surface area contributed by atoms with Crippen LogP contribution in [-0.2, 0) is 6.42 Å². The van der Waals surface area contributed by atoms with Gasteiger partial charge in [-0.2, -0.15) is 9.78 Å². The molecule has 0 unspecified atom stereocenters. The first-order valence-electron chi connectivity index (χ1n) is 7.71. The van der Waals surface area contributed by atoms with Crippen molar-refractivity contribution in [3.8, 4) is 5.82 Å². The number of nitrogen functional groups attached to an aromatic ring is 1. The van der Waals surface area contributed by atoms with Crippen LogP contribution in [0.25, 0.3) is 5.82 Å². The van der Waals surface area contributed by atoms with Crippen molar-refractivity contribution in [1.29, 1.82) is 0 Å². The molecule has 0 fully saturated rings. The highest BCUT2D eigenvalue weighted by atomic mass is 16.6. The van der Waals surface area contributed by atoms with E-state index in [-0.39, 0.29) is 22.9 Å². The minimum absolute atomic E-state index is 0.00450. The van der Waals surface area contributed by atoms with E-state index in [0.717, 1.165) is 0 Å². The minimum atomic E-state index is -1.10. The fraction of sp³-hybridized carbons (Fsp3) is 0.133. The number of amides is 1. The first kappa shape index (κ1) is 17.7. The lowest BCUT2D eigenvalue weighted by molar-refractivity contribution is 0.0696. The van der Waals surface area contributed by atoms with E-state index in [1.807, 2.05) is 0 Å². The molecule has 1 amide bonds. The maximum absolute atomic E-state index is 12.4. The molecule has 138 valence electrons. The Kier molecular flexibility index (Phi) is 4.88. The Morgan fingerprint density at radius 1 is 1.37 bits per heavy atom. The standard InChI is InChI=1S/C15H14N8O4/c1-2-10-11(18-22-23(10)13-12(16)20-27-21-13)14(24)19-17-7-8-5-3-4-6-9(8)15(25)26/h3-7H,2H2,1H3,(H2,16,20)(H,19,24)(H,25,26)/b17-7-. The highest BCUT2D eigenvalue weighted by molar-refractivity contribution is 5.99. The zero-order valence-electron chi connectivity index (χ0n) is 14.0. The van der Waals surface area contributed by atoms with Crippen molar-refractivity contribution in [3.05, 3.63) is 46.8 Å². The molecule has 2 heterocycles. The van der Waals surface area contributed by atoms with Gasteiger partial charge in [0, 0.05) is 5.56 Å². The van der Waals surface area contributed by atoms with Crippen LogP contribution in [0.2, 0.25) is 0 Å².